The van der Waals surface area contributed by atoms with Crippen molar-refractivity contribution in [3.05, 3.63) is 65.5 Å². The van der Waals surface area contributed by atoms with Gasteiger partial charge >= 0.3 is 0 Å². The molecule has 0 radical (unpaired) electrons. The number of anilines is 2. The molecule has 0 aromatic carbocycles. The van der Waals surface area contributed by atoms with Crippen molar-refractivity contribution in [2.75, 3.05) is 22.9 Å². The van der Waals surface area contributed by atoms with Crippen LogP contribution in [0, 0.1) is 12.3 Å². The maximum atomic E-state index is 5.47. The lowest BCUT2D eigenvalue weighted by atomic mass is 9.41. The second kappa shape index (κ2) is 11.0. The van der Waals surface area contributed by atoms with E-state index in [9.17, 15) is 0 Å². The Hall–Kier alpha value is -2.68. The van der Waals surface area contributed by atoms with Gasteiger partial charge in [-0.15, -0.1) is 0 Å². The van der Waals surface area contributed by atoms with Gasteiger partial charge in [-0.2, -0.15) is 0 Å². The first-order chi connectivity index (χ1) is 20.6. The maximum absolute atomic E-state index is 5.47. The molecule has 1 fully saturated rings. The van der Waals surface area contributed by atoms with Gasteiger partial charge in [-0.3, -0.25) is 9.38 Å². The fraction of sp³-hybridized carbons (Fsp3) is 0.448. The minimum Gasteiger partial charge on any atom is -0.377 e. The molecule has 220 valence electrons. The molecule has 0 unspecified atom stereocenters. The van der Waals surface area contributed by atoms with E-state index in [2.05, 4.69) is 114 Å². The van der Waals surface area contributed by atoms with Gasteiger partial charge in [0.15, 0.2) is 5.65 Å². The van der Waals surface area contributed by atoms with E-state index in [-0.39, 0.29) is 15.8 Å². The molecule has 1 aliphatic carbocycles. The number of aromatic nitrogens is 5. The summed E-state index contributed by atoms with van der Waals surface area (Å²) in [6.07, 6.45) is 12.5. The first-order valence-electron chi connectivity index (χ1n) is 16.1. The summed E-state index contributed by atoms with van der Waals surface area (Å²) in [5.74, 6) is 2.04. The van der Waals surface area contributed by atoms with E-state index in [1.165, 1.54) is 21.7 Å². The lowest BCUT2D eigenvalue weighted by Gasteiger charge is -2.48. The molecule has 1 saturated heterocycles. The summed E-state index contributed by atoms with van der Waals surface area (Å²) in [4.78, 5) is 27.3. The third kappa shape index (κ3) is 5.74. The molecule has 0 saturated carbocycles. The van der Waals surface area contributed by atoms with Gasteiger partial charge in [0.1, 0.15) is 37.2 Å². The highest BCUT2D eigenvalue weighted by Crippen LogP contribution is 2.45. The number of hydrogen-bond acceptors (Lipinski definition) is 7. The molecule has 15 heteroatoms. The van der Waals surface area contributed by atoms with Crippen LogP contribution in [0.25, 0.3) is 5.65 Å². The normalized spacial score (nSPS) is 16.8. The first kappa shape index (κ1) is 31.3. The monoisotopic (exact) mass is 597 g/mol. The van der Waals surface area contributed by atoms with Crippen LogP contribution in [0.3, 0.4) is 0 Å². The number of imidazole rings is 1. The van der Waals surface area contributed by atoms with Crippen molar-refractivity contribution in [1.29, 1.82) is 0 Å². The molecule has 4 aromatic heterocycles. The Labute approximate surface area is 273 Å². The Kier molecular flexibility index (Phi) is 7.82. The summed E-state index contributed by atoms with van der Waals surface area (Å²) in [6.45, 7) is 8.72. The summed E-state index contributed by atoms with van der Waals surface area (Å²) in [6, 6.07) is 6.49. The Balaban J connectivity index is 1.36. The van der Waals surface area contributed by atoms with Gasteiger partial charge in [0.05, 0.1) is 28.4 Å². The predicted molar refractivity (Wildman–Crippen MR) is 202 cm³/mol. The van der Waals surface area contributed by atoms with Gasteiger partial charge in [0.25, 0.3) is 0 Å². The molecule has 0 amide bonds. The number of nitrogens with zero attached hydrogens (tertiary/aromatic N) is 7. The Morgan fingerprint density at radius 2 is 1.64 bits per heavy atom. The molecule has 6 rings (SSSR count). The van der Waals surface area contributed by atoms with Crippen molar-refractivity contribution in [3.63, 3.8) is 0 Å². The average Bonchev–Trinajstić information content (AvgIpc) is 3.54. The van der Waals surface area contributed by atoms with Crippen LogP contribution in [0.4, 0.5) is 11.8 Å². The van der Waals surface area contributed by atoms with Gasteiger partial charge in [-0.1, -0.05) is 36.8 Å². The van der Waals surface area contributed by atoms with Gasteiger partial charge in [-0.25, -0.2) is 15.0 Å². The summed E-state index contributed by atoms with van der Waals surface area (Å²) >= 11 is 1.78. The average molecular weight is 596 g/mol. The zero-order valence-electron chi connectivity index (χ0n) is 28.3. The van der Waals surface area contributed by atoms with Crippen molar-refractivity contribution >= 4 is 84.1 Å². The molecule has 0 atom stereocenters. The summed E-state index contributed by atoms with van der Waals surface area (Å²) < 4.78 is 2.22. The van der Waals surface area contributed by atoms with Crippen molar-refractivity contribution in [2.45, 2.75) is 72.0 Å². The lowest BCUT2D eigenvalue weighted by Crippen LogP contribution is -2.61. The van der Waals surface area contributed by atoms with Crippen molar-refractivity contribution in [1.82, 2.24) is 24.3 Å². The number of hydrogen-bond donors (Lipinski definition) is 0. The minimum atomic E-state index is -0.160. The van der Waals surface area contributed by atoms with Crippen LogP contribution in [0.1, 0.15) is 49.2 Å². The third-order valence-electron chi connectivity index (χ3n) is 9.29. The van der Waals surface area contributed by atoms with Crippen molar-refractivity contribution in [3.8, 4) is 0 Å². The number of piperidine rings is 1. The van der Waals surface area contributed by atoms with Crippen LogP contribution >= 0.6 is 11.8 Å². The van der Waals surface area contributed by atoms with E-state index in [0.29, 0.717) is 5.41 Å². The number of fused-ring (bicyclic) bond motifs is 2. The SMILES string of the molecule is BC(B)(B)c1nc(N2CCC3(CC2)Cc2cccnc2C3)n2ccnc2c1Sc1ccnc(N(C(B)(B)B)C(B)(C)C)c1C. The number of pyridine rings is 2. The molecular weight excluding hydrogens is 554 g/mol. The summed E-state index contributed by atoms with van der Waals surface area (Å²) in [5.41, 5.74) is 6.24. The topological polar surface area (TPSA) is 62.5 Å². The van der Waals surface area contributed by atoms with E-state index in [4.69, 9.17) is 19.9 Å². The zero-order valence-corrected chi connectivity index (χ0v) is 29.1. The minimum absolute atomic E-state index is 0.0831. The standard InChI is InChI=1S/C29H42B7N7S/c1-17-20(6-10-38-23(17)43(26(2,3)30)29(34,35)36)44-21-22(28(31,32)33)40-25(42-14-11-39-24(21)42)41-12-7-27(8-13-41)15-18-5-4-9-37-19(18)16-27/h4-6,9-11,14H,7-8,12-13,15-16,30-36H2,1-3H3. The van der Waals surface area contributed by atoms with E-state index in [1.807, 2.05) is 18.6 Å². The van der Waals surface area contributed by atoms with Crippen LogP contribution in [-0.2, 0) is 18.0 Å². The van der Waals surface area contributed by atoms with Gasteiger partial charge in [-0.05, 0) is 61.0 Å². The smallest absolute Gasteiger partial charge is 0.211 e. The van der Waals surface area contributed by atoms with Gasteiger partial charge in [0.2, 0.25) is 5.95 Å². The van der Waals surface area contributed by atoms with Gasteiger partial charge < -0.3 is 9.80 Å². The molecule has 5 heterocycles. The first-order valence-corrected chi connectivity index (χ1v) is 16.9. The molecule has 0 bridgehead atoms. The van der Waals surface area contributed by atoms with E-state index < -0.39 is 0 Å². The number of rotatable bonds is 7. The third-order valence-corrected chi connectivity index (χ3v) is 10.5. The maximum Gasteiger partial charge on any atom is 0.211 e. The summed E-state index contributed by atoms with van der Waals surface area (Å²) in [5, 5.41) is -0.243. The Morgan fingerprint density at radius 3 is 2.27 bits per heavy atom. The highest BCUT2D eigenvalue weighted by molar-refractivity contribution is 7.99. The van der Waals surface area contributed by atoms with Crippen LogP contribution in [0.5, 0.6) is 0 Å². The van der Waals surface area contributed by atoms with Crippen LogP contribution in [-0.4, -0.2) is 103 Å². The molecule has 4 aromatic rings. The molecule has 44 heavy (non-hydrogen) atoms. The van der Waals surface area contributed by atoms with Crippen LogP contribution in [0.15, 0.2) is 52.8 Å². The highest BCUT2D eigenvalue weighted by atomic mass is 32.2. The van der Waals surface area contributed by atoms with Crippen LogP contribution < -0.4 is 9.80 Å². The van der Waals surface area contributed by atoms with Crippen molar-refractivity contribution < 1.29 is 0 Å². The molecular formula is C29H42B7N7S. The molecule has 7 nitrogen and oxygen atoms in total. The second-order valence-electron chi connectivity index (χ2n) is 15.9. The predicted octanol–water partition coefficient (Wildman–Crippen LogP) is -1.94. The fourth-order valence-corrected chi connectivity index (χ4v) is 8.80. The van der Waals surface area contributed by atoms with Crippen LogP contribution in [0.2, 0.25) is 0 Å². The largest absolute Gasteiger partial charge is 0.377 e. The Bertz CT molecular complexity index is 1660. The zero-order chi connectivity index (χ0) is 31.7. The molecule has 1 aliphatic heterocycles. The van der Waals surface area contributed by atoms with Crippen molar-refractivity contribution in [2.24, 2.45) is 5.41 Å². The molecule has 2 aliphatic rings. The lowest BCUT2D eigenvalue weighted by molar-refractivity contribution is 0.230. The highest BCUT2D eigenvalue weighted by Gasteiger charge is 2.41. The second-order valence-corrected chi connectivity index (χ2v) is 17.0. The summed E-state index contributed by atoms with van der Waals surface area (Å²) in [7, 11) is 15.8. The fourth-order valence-electron chi connectivity index (χ4n) is 7.51. The molecule has 1 spiro atoms. The van der Waals surface area contributed by atoms with E-state index >= 15 is 0 Å². The Morgan fingerprint density at radius 1 is 0.909 bits per heavy atom. The van der Waals surface area contributed by atoms with E-state index in [1.54, 1.807) is 11.8 Å². The van der Waals surface area contributed by atoms with Gasteiger partial charge in [0, 0.05) is 65.2 Å². The van der Waals surface area contributed by atoms with E-state index in [0.717, 1.165) is 66.8 Å². The quantitative estimate of drug-likeness (QED) is 0.230. The molecule has 0 N–H and O–H groups in total.